The van der Waals surface area contributed by atoms with Crippen molar-refractivity contribution in [2.45, 2.75) is 18.4 Å². The van der Waals surface area contributed by atoms with Gasteiger partial charge < -0.3 is 10.4 Å². The average molecular weight is 149 g/mol. The molecular formula is C4H7NOS2. The number of nitrogens with one attached hydrogen (secondary N) is 1. The standard InChI is InChI=1S/C4H7NOS2/c1-2-3(6)5-4(7)8-2/h2-3,6H,1H3,(H,5,7)/t2-,3-/m1/s1. The van der Waals surface area contributed by atoms with Crippen molar-refractivity contribution in [2.24, 2.45) is 0 Å². The van der Waals surface area contributed by atoms with Crippen LogP contribution in [0.2, 0.25) is 0 Å². The van der Waals surface area contributed by atoms with Gasteiger partial charge in [0.05, 0.1) is 5.25 Å². The Balaban J connectivity index is 2.51. The molecule has 0 aliphatic carbocycles. The van der Waals surface area contributed by atoms with E-state index < -0.39 is 6.23 Å². The lowest BCUT2D eigenvalue weighted by Gasteiger charge is -2.03. The number of hydrogen-bond donors (Lipinski definition) is 2. The Morgan fingerprint density at radius 2 is 2.50 bits per heavy atom. The van der Waals surface area contributed by atoms with Gasteiger partial charge in [0.2, 0.25) is 0 Å². The summed E-state index contributed by atoms with van der Waals surface area (Å²) in [6, 6.07) is 0. The van der Waals surface area contributed by atoms with E-state index in [0.717, 1.165) is 0 Å². The first kappa shape index (κ1) is 6.32. The molecule has 0 saturated carbocycles. The summed E-state index contributed by atoms with van der Waals surface area (Å²) in [4.78, 5) is 0. The van der Waals surface area contributed by atoms with E-state index in [-0.39, 0.29) is 5.25 Å². The second-order valence-electron chi connectivity index (χ2n) is 1.70. The van der Waals surface area contributed by atoms with Gasteiger partial charge in [-0.2, -0.15) is 0 Å². The van der Waals surface area contributed by atoms with Crippen LogP contribution in [0, 0.1) is 0 Å². The number of hydrogen-bond acceptors (Lipinski definition) is 3. The molecule has 0 aromatic rings. The van der Waals surface area contributed by atoms with Gasteiger partial charge in [0.15, 0.2) is 0 Å². The fourth-order valence-electron chi connectivity index (χ4n) is 0.505. The zero-order valence-corrected chi connectivity index (χ0v) is 6.05. The summed E-state index contributed by atoms with van der Waals surface area (Å²) in [5, 5.41) is 11.9. The quantitative estimate of drug-likeness (QED) is 0.486. The normalized spacial score (nSPS) is 37.5. The largest absolute Gasteiger partial charge is 0.373 e. The molecular weight excluding hydrogens is 142 g/mol. The van der Waals surface area contributed by atoms with Crippen molar-refractivity contribution >= 4 is 28.3 Å². The molecule has 0 aromatic heterocycles. The summed E-state index contributed by atoms with van der Waals surface area (Å²) in [6.07, 6.45) is -0.438. The highest BCUT2D eigenvalue weighted by molar-refractivity contribution is 8.23. The van der Waals surface area contributed by atoms with Gasteiger partial charge in [-0.25, -0.2) is 0 Å². The van der Waals surface area contributed by atoms with Gasteiger partial charge in [-0.05, 0) is 6.92 Å². The molecule has 0 spiro atoms. The Hall–Kier alpha value is 0.200. The second-order valence-corrected chi connectivity index (χ2v) is 3.75. The van der Waals surface area contributed by atoms with E-state index in [1.807, 2.05) is 6.92 Å². The fraction of sp³-hybridized carbons (Fsp3) is 0.750. The van der Waals surface area contributed by atoms with E-state index in [9.17, 15) is 0 Å². The van der Waals surface area contributed by atoms with Gasteiger partial charge in [0.1, 0.15) is 10.5 Å². The van der Waals surface area contributed by atoms with Crippen molar-refractivity contribution < 1.29 is 5.11 Å². The number of thiocarbonyl (C=S) groups is 1. The lowest BCUT2D eigenvalue weighted by atomic mass is 10.4. The molecule has 2 atom stereocenters. The van der Waals surface area contributed by atoms with Gasteiger partial charge in [-0.15, -0.1) is 0 Å². The van der Waals surface area contributed by atoms with Crippen LogP contribution in [0.3, 0.4) is 0 Å². The topological polar surface area (TPSA) is 32.3 Å². The van der Waals surface area contributed by atoms with Crippen LogP contribution in [0.4, 0.5) is 0 Å². The molecule has 8 heavy (non-hydrogen) atoms. The molecule has 0 bridgehead atoms. The first-order valence-corrected chi connectivity index (χ1v) is 3.64. The molecule has 2 nitrogen and oxygen atoms in total. The van der Waals surface area contributed by atoms with Crippen molar-refractivity contribution in [1.82, 2.24) is 5.32 Å². The third kappa shape index (κ3) is 1.13. The van der Waals surface area contributed by atoms with E-state index in [4.69, 9.17) is 17.3 Å². The minimum atomic E-state index is -0.438. The van der Waals surface area contributed by atoms with E-state index >= 15 is 0 Å². The highest BCUT2D eigenvalue weighted by Crippen LogP contribution is 2.20. The van der Waals surface area contributed by atoms with Gasteiger partial charge >= 0.3 is 0 Å². The van der Waals surface area contributed by atoms with Crippen LogP contribution in [-0.2, 0) is 0 Å². The monoisotopic (exact) mass is 149 g/mol. The van der Waals surface area contributed by atoms with Gasteiger partial charge in [-0.3, -0.25) is 0 Å². The number of aliphatic hydroxyl groups excluding tert-OH is 1. The van der Waals surface area contributed by atoms with Gasteiger partial charge in [-0.1, -0.05) is 24.0 Å². The van der Waals surface area contributed by atoms with Crippen LogP contribution in [0.5, 0.6) is 0 Å². The molecule has 46 valence electrons. The molecule has 1 aliphatic heterocycles. The summed E-state index contributed by atoms with van der Waals surface area (Å²) < 4.78 is 0.699. The average Bonchev–Trinajstić information content (AvgIpc) is 1.85. The minimum Gasteiger partial charge on any atom is -0.373 e. The summed E-state index contributed by atoms with van der Waals surface area (Å²) in [5.41, 5.74) is 0. The highest BCUT2D eigenvalue weighted by atomic mass is 32.2. The Labute approximate surface area is 57.7 Å². The van der Waals surface area contributed by atoms with Crippen molar-refractivity contribution in [3.8, 4) is 0 Å². The van der Waals surface area contributed by atoms with Crippen LogP contribution < -0.4 is 5.32 Å². The maximum absolute atomic E-state index is 8.95. The second kappa shape index (κ2) is 2.21. The smallest absolute Gasteiger partial charge is 0.137 e. The predicted octanol–water partition coefficient (Wildman–Crippen LogP) is 0.315. The van der Waals surface area contributed by atoms with Crippen LogP contribution in [0.1, 0.15) is 6.92 Å². The van der Waals surface area contributed by atoms with Crippen LogP contribution in [0.15, 0.2) is 0 Å². The number of thioether (sulfide) groups is 1. The molecule has 0 amide bonds. The maximum Gasteiger partial charge on any atom is 0.137 e. The molecule has 0 radical (unpaired) electrons. The Morgan fingerprint density at radius 3 is 2.62 bits per heavy atom. The van der Waals surface area contributed by atoms with E-state index in [2.05, 4.69) is 5.32 Å². The molecule has 1 fully saturated rings. The van der Waals surface area contributed by atoms with Gasteiger partial charge in [0.25, 0.3) is 0 Å². The Kier molecular flexibility index (Phi) is 1.74. The van der Waals surface area contributed by atoms with Crippen molar-refractivity contribution in [2.75, 3.05) is 0 Å². The van der Waals surface area contributed by atoms with E-state index in [1.54, 1.807) is 0 Å². The lowest BCUT2D eigenvalue weighted by molar-refractivity contribution is 0.167. The minimum absolute atomic E-state index is 0.211. The van der Waals surface area contributed by atoms with Crippen molar-refractivity contribution in [1.29, 1.82) is 0 Å². The summed E-state index contributed by atoms with van der Waals surface area (Å²) >= 11 is 6.26. The number of rotatable bonds is 0. The first-order chi connectivity index (χ1) is 3.70. The molecule has 1 saturated heterocycles. The van der Waals surface area contributed by atoms with E-state index in [1.165, 1.54) is 11.8 Å². The molecule has 1 aliphatic rings. The SMILES string of the molecule is C[C@H]1SC(=S)N[C@@H]1O. The maximum atomic E-state index is 8.95. The first-order valence-electron chi connectivity index (χ1n) is 2.35. The lowest BCUT2D eigenvalue weighted by Crippen LogP contribution is -2.28. The van der Waals surface area contributed by atoms with Crippen LogP contribution >= 0.6 is 24.0 Å². The zero-order valence-electron chi connectivity index (χ0n) is 4.42. The summed E-state index contributed by atoms with van der Waals surface area (Å²) in [5.74, 6) is 0. The number of aliphatic hydroxyl groups is 1. The summed E-state index contributed by atoms with van der Waals surface area (Å²) in [6.45, 7) is 1.93. The van der Waals surface area contributed by atoms with Gasteiger partial charge in [0, 0.05) is 0 Å². The molecule has 1 rings (SSSR count). The Bertz CT molecular complexity index is 105. The fourth-order valence-corrected chi connectivity index (χ4v) is 1.80. The highest BCUT2D eigenvalue weighted by Gasteiger charge is 2.24. The summed E-state index contributed by atoms with van der Waals surface area (Å²) in [7, 11) is 0. The predicted molar refractivity (Wildman–Crippen MR) is 38.8 cm³/mol. The van der Waals surface area contributed by atoms with E-state index in [0.29, 0.717) is 4.32 Å². The molecule has 2 N–H and O–H groups in total. The van der Waals surface area contributed by atoms with Crippen LogP contribution in [0.25, 0.3) is 0 Å². The molecule has 0 aromatic carbocycles. The van der Waals surface area contributed by atoms with Crippen molar-refractivity contribution in [3.05, 3.63) is 0 Å². The molecule has 1 heterocycles. The van der Waals surface area contributed by atoms with Crippen molar-refractivity contribution in [3.63, 3.8) is 0 Å². The molecule has 0 unspecified atom stereocenters. The third-order valence-corrected chi connectivity index (χ3v) is 2.37. The third-order valence-electron chi connectivity index (χ3n) is 1.00. The molecule has 4 heteroatoms. The zero-order chi connectivity index (χ0) is 6.15. The van der Waals surface area contributed by atoms with Crippen LogP contribution in [-0.4, -0.2) is 20.9 Å². The Morgan fingerprint density at radius 1 is 1.88 bits per heavy atom.